The van der Waals surface area contributed by atoms with Gasteiger partial charge >= 0.3 is 0 Å². The van der Waals surface area contributed by atoms with Crippen LogP contribution >= 0.6 is 12.4 Å². The van der Waals surface area contributed by atoms with Crippen molar-refractivity contribution in [3.8, 4) is 0 Å². The van der Waals surface area contributed by atoms with Crippen molar-refractivity contribution in [2.24, 2.45) is 0 Å². The van der Waals surface area contributed by atoms with Crippen LogP contribution in [-0.2, 0) is 6.54 Å². The van der Waals surface area contributed by atoms with E-state index in [9.17, 15) is 4.79 Å². The minimum atomic E-state index is 0. The van der Waals surface area contributed by atoms with E-state index in [1.54, 1.807) is 0 Å². The first kappa shape index (κ1) is 20.9. The fraction of sp³-hybridized carbons (Fsp3) is 0.417. The molecule has 0 bridgehead atoms. The van der Waals surface area contributed by atoms with Gasteiger partial charge in [-0.05, 0) is 56.4 Å². The largest absolute Gasteiger partial charge is 0.335 e. The Labute approximate surface area is 184 Å². The summed E-state index contributed by atoms with van der Waals surface area (Å²) in [6.45, 7) is 5.77. The SMILES string of the molecule is Cl.O=C1c2c3ccccc3nn2CCN1CCCN1CCC(c2ccccc2)CC1. The Kier molecular flexibility index (Phi) is 6.40. The number of hydrogen-bond donors (Lipinski definition) is 0. The van der Waals surface area contributed by atoms with E-state index < -0.39 is 0 Å². The lowest BCUT2D eigenvalue weighted by atomic mass is 9.89. The first-order valence-corrected chi connectivity index (χ1v) is 10.8. The molecule has 3 heterocycles. The van der Waals surface area contributed by atoms with E-state index in [1.807, 2.05) is 33.8 Å². The summed E-state index contributed by atoms with van der Waals surface area (Å²) in [6.07, 6.45) is 3.50. The van der Waals surface area contributed by atoms with E-state index in [2.05, 4.69) is 40.3 Å². The summed E-state index contributed by atoms with van der Waals surface area (Å²) in [6, 6.07) is 18.9. The highest BCUT2D eigenvalue weighted by molar-refractivity contribution is 6.05. The standard InChI is InChI=1S/C24H28N4O.ClH/c29-24-23-21-9-4-5-10-22(21)25-28(23)18-17-27(24)14-6-13-26-15-11-20(12-16-26)19-7-2-1-3-8-19;/h1-5,7-10,20H,6,11-18H2;1H. The van der Waals surface area contributed by atoms with Gasteiger partial charge < -0.3 is 9.80 Å². The summed E-state index contributed by atoms with van der Waals surface area (Å²) >= 11 is 0. The summed E-state index contributed by atoms with van der Waals surface area (Å²) in [4.78, 5) is 17.6. The maximum Gasteiger partial charge on any atom is 0.272 e. The number of fused-ring (bicyclic) bond motifs is 3. The molecular weight excluding hydrogens is 396 g/mol. The number of benzene rings is 2. The van der Waals surface area contributed by atoms with E-state index >= 15 is 0 Å². The van der Waals surface area contributed by atoms with Crippen LogP contribution in [0.3, 0.4) is 0 Å². The van der Waals surface area contributed by atoms with Crippen molar-refractivity contribution in [3.05, 3.63) is 65.9 Å². The van der Waals surface area contributed by atoms with Crippen LogP contribution in [0.2, 0.25) is 0 Å². The number of aromatic nitrogens is 2. The number of piperidine rings is 1. The second-order valence-corrected chi connectivity index (χ2v) is 8.26. The molecule has 5 nitrogen and oxygen atoms in total. The van der Waals surface area contributed by atoms with E-state index in [0.717, 1.165) is 62.3 Å². The van der Waals surface area contributed by atoms with Crippen LogP contribution in [-0.4, -0.2) is 58.2 Å². The molecule has 158 valence electrons. The lowest BCUT2D eigenvalue weighted by Gasteiger charge is -2.33. The first-order valence-electron chi connectivity index (χ1n) is 10.8. The Morgan fingerprint density at radius 2 is 1.60 bits per heavy atom. The molecule has 6 heteroatoms. The third-order valence-corrected chi connectivity index (χ3v) is 6.48. The highest BCUT2D eigenvalue weighted by Crippen LogP contribution is 2.28. The van der Waals surface area contributed by atoms with Crippen molar-refractivity contribution in [2.45, 2.75) is 31.7 Å². The molecule has 2 aliphatic heterocycles. The van der Waals surface area contributed by atoms with E-state index in [0.29, 0.717) is 5.92 Å². The van der Waals surface area contributed by atoms with Crippen LogP contribution in [0.15, 0.2) is 54.6 Å². The Morgan fingerprint density at radius 1 is 0.867 bits per heavy atom. The molecule has 1 amide bonds. The van der Waals surface area contributed by atoms with Gasteiger partial charge in [0.05, 0.1) is 12.1 Å². The lowest BCUT2D eigenvalue weighted by Crippen LogP contribution is -2.42. The number of hydrogen-bond acceptors (Lipinski definition) is 3. The fourth-order valence-electron chi connectivity index (χ4n) is 4.85. The molecule has 0 unspecified atom stereocenters. The van der Waals surface area contributed by atoms with Gasteiger partial charge in [0.1, 0.15) is 5.69 Å². The zero-order chi connectivity index (χ0) is 19.6. The Morgan fingerprint density at radius 3 is 2.40 bits per heavy atom. The fourth-order valence-corrected chi connectivity index (χ4v) is 4.85. The monoisotopic (exact) mass is 424 g/mol. The molecule has 1 fully saturated rings. The predicted molar refractivity (Wildman–Crippen MR) is 122 cm³/mol. The molecule has 5 rings (SSSR count). The van der Waals surface area contributed by atoms with Crippen LogP contribution in [0.4, 0.5) is 0 Å². The average molecular weight is 425 g/mol. The molecule has 0 atom stereocenters. The smallest absolute Gasteiger partial charge is 0.272 e. The third-order valence-electron chi connectivity index (χ3n) is 6.48. The van der Waals surface area contributed by atoms with Crippen LogP contribution in [0.1, 0.15) is 41.2 Å². The number of nitrogens with zero attached hydrogens (tertiary/aromatic N) is 4. The lowest BCUT2D eigenvalue weighted by molar-refractivity contribution is 0.0689. The number of carbonyl (C=O) groups excluding carboxylic acids is 1. The van der Waals surface area contributed by atoms with E-state index in [4.69, 9.17) is 0 Å². The summed E-state index contributed by atoms with van der Waals surface area (Å²) in [5, 5.41) is 5.56. The zero-order valence-corrected chi connectivity index (χ0v) is 18.1. The van der Waals surface area contributed by atoms with Crippen LogP contribution in [0.25, 0.3) is 10.9 Å². The first-order chi connectivity index (χ1) is 14.3. The highest BCUT2D eigenvalue weighted by Gasteiger charge is 2.28. The summed E-state index contributed by atoms with van der Waals surface area (Å²) in [5.41, 5.74) is 3.16. The number of carbonyl (C=O) groups is 1. The molecule has 1 saturated heterocycles. The van der Waals surface area contributed by atoms with Crippen LogP contribution in [0, 0.1) is 0 Å². The average Bonchev–Trinajstić information content (AvgIpc) is 3.16. The summed E-state index contributed by atoms with van der Waals surface area (Å²) in [5.74, 6) is 0.831. The van der Waals surface area contributed by atoms with Crippen molar-refractivity contribution >= 4 is 29.2 Å². The molecule has 30 heavy (non-hydrogen) atoms. The quantitative estimate of drug-likeness (QED) is 0.616. The van der Waals surface area contributed by atoms with Crippen LogP contribution < -0.4 is 0 Å². The molecule has 0 N–H and O–H groups in total. The Bertz CT molecular complexity index is 995. The van der Waals surface area contributed by atoms with Crippen molar-refractivity contribution in [2.75, 3.05) is 32.7 Å². The topological polar surface area (TPSA) is 41.4 Å². The van der Waals surface area contributed by atoms with Gasteiger partial charge in [-0.1, -0.05) is 48.5 Å². The molecule has 2 aliphatic rings. The second-order valence-electron chi connectivity index (χ2n) is 8.26. The van der Waals surface area contributed by atoms with Crippen molar-refractivity contribution in [1.82, 2.24) is 19.6 Å². The Balaban J connectivity index is 0.00000218. The maximum absolute atomic E-state index is 13.0. The molecule has 1 aromatic heterocycles. The van der Waals surface area contributed by atoms with Gasteiger partial charge in [-0.2, -0.15) is 5.10 Å². The van der Waals surface area contributed by atoms with Crippen LogP contribution in [0.5, 0.6) is 0 Å². The summed E-state index contributed by atoms with van der Waals surface area (Å²) < 4.78 is 1.89. The van der Waals surface area contributed by atoms with Gasteiger partial charge in [-0.15, -0.1) is 12.4 Å². The van der Waals surface area contributed by atoms with Gasteiger partial charge in [-0.25, -0.2) is 0 Å². The molecule has 0 aliphatic carbocycles. The van der Waals surface area contributed by atoms with Crippen molar-refractivity contribution < 1.29 is 4.79 Å². The van der Waals surface area contributed by atoms with Crippen molar-refractivity contribution in [1.29, 1.82) is 0 Å². The maximum atomic E-state index is 13.0. The van der Waals surface area contributed by atoms with E-state index in [1.165, 1.54) is 18.4 Å². The predicted octanol–water partition coefficient (Wildman–Crippen LogP) is 4.18. The summed E-state index contributed by atoms with van der Waals surface area (Å²) in [7, 11) is 0. The minimum Gasteiger partial charge on any atom is -0.335 e. The number of amides is 1. The molecule has 3 aromatic rings. The second kappa shape index (κ2) is 9.19. The number of halogens is 1. The van der Waals surface area contributed by atoms with Gasteiger partial charge in [0.2, 0.25) is 0 Å². The van der Waals surface area contributed by atoms with Gasteiger partial charge in [0.15, 0.2) is 0 Å². The minimum absolute atomic E-state index is 0. The molecule has 2 aromatic carbocycles. The van der Waals surface area contributed by atoms with Crippen molar-refractivity contribution in [3.63, 3.8) is 0 Å². The van der Waals surface area contributed by atoms with Gasteiger partial charge in [-0.3, -0.25) is 9.48 Å². The molecule has 0 radical (unpaired) electrons. The molecule has 0 spiro atoms. The molecule has 0 saturated carbocycles. The third kappa shape index (κ3) is 4.09. The normalized spacial score (nSPS) is 17.7. The zero-order valence-electron chi connectivity index (χ0n) is 17.2. The number of rotatable bonds is 5. The van der Waals surface area contributed by atoms with E-state index in [-0.39, 0.29) is 18.3 Å². The molecular formula is C24H29ClN4O. The van der Waals surface area contributed by atoms with Gasteiger partial charge in [0, 0.05) is 18.5 Å². The van der Waals surface area contributed by atoms with Gasteiger partial charge in [0.25, 0.3) is 5.91 Å². The highest BCUT2D eigenvalue weighted by atomic mass is 35.5. The Hall–Kier alpha value is -2.37. The number of likely N-dealkylation sites (tertiary alicyclic amines) is 1.